The highest BCUT2D eigenvalue weighted by Crippen LogP contribution is 2.42. The highest BCUT2D eigenvalue weighted by molar-refractivity contribution is 7.13. The predicted octanol–water partition coefficient (Wildman–Crippen LogP) is 7.21. The number of anilines is 3. The number of carbonyl (C=O) groups is 5. The molecule has 3 fully saturated rings. The van der Waals surface area contributed by atoms with Crippen LogP contribution in [0, 0.1) is 11.2 Å². The van der Waals surface area contributed by atoms with Gasteiger partial charge in [0.2, 0.25) is 23.6 Å². The predicted molar refractivity (Wildman–Crippen MR) is 251 cm³/mol. The largest absolute Gasteiger partial charge is 0.487 e. The Morgan fingerprint density at radius 3 is 2.53 bits per heavy atom. The van der Waals surface area contributed by atoms with Gasteiger partial charge in [-0.25, -0.2) is 14.4 Å². The molecule has 3 aliphatic heterocycles. The third kappa shape index (κ3) is 12.0. The number of nitrogens with zero attached hydrogens (tertiary/aromatic N) is 4. The number of ether oxygens (including phenoxy) is 2. The highest BCUT2D eigenvalue weighted by Gasteiger charge is 2.44. The van der Waals surface area contributed by atoms with Crippen molar-refractivity contribution in [2.45, 2.75) is 102 Å². The zero-order valence-corrected chi connectivity index (χ0v) is 38.9. The lowest BCUT2D eigenvalue weighted by Gasteiger charge is -2.41. The third-order valence-electron chi connectivity index (χ3n) is 12.8. The van der Waals surface area contributed by atoms with Crippen LogP contribution < -0.4 is 26.0 Å². The van der Waals surface area contributed by atoms with Crippen molar-refractivity contribution in [3.63, 3.8) is 0 Å². The molecular weight excluding hydrogens is 911 g/mol. The molecule has 19 heteroatoms. The summed E-state index contributed by atoms with van der Waals surface area (Å²) >= 11 is 7.50. The molecular formula is C47H55Cl2FN8O7S. The van der Waals surface area contributed by atoms with Crippen LogP contribution in [0.15, 0.2) is 66.2 Å². The van der Waals surface area contributed by atoms with Gasteiger partial charge < -0.3 is 35.2 Å². The van der Waals surface area contributed by atoms with E-state index in [-0.39, 0.29) is 78.3 Å². The first-order valence-electron chi connectivity index (χ1n) is 22.4. The molecule has 8 rings (SSSR count). The van der Waals surface area contributed by atoms with E-state index < -0.39 is 23.2 Å². The topological polar surface area (TPSA) is 184 Å². The summed E-state index contributed by atoms with van der Waals surface area (Å²) in [6.45, 7) is 3.70. The number of piperidine rings is 2. The van der Waals surface area contributed by atoms with E-state index in [4.69, 9.17) is 26.1 Å². The smallest absolute Gasteiger partial charge is 0.255 e. The second kappa shape index (κ2) is 22.5. The Bertz CT molecular complexity index is 2360. The molecule has 0 radical (unpaired) electrons. The van der Waals surface area contributed by atoms with Gasteiger partial charge in [0.05, 0.1) is 23.1 Å². The number of amides is 5. The molecule has 0 spiro atoms. The number of halogens is 3. The first kappa shape index (κ1) is 48.7. The minimum Gasteiger partial charge on any atom is -0.487 e. The monoisotopic (exact) mass is 964 g/mol. The van der Waals surface area contributed by atoms with Gasteiger partial charge in [-0.3, -0.25) is 29.3 Å². The maximum Gasteiger partial charge on any atom is 0.255 e. The van der Waals surface area contributed by atoms with Crippen molar-refractivity contribution >= 4 is 81.5 Å². The minimum absolute atomic E-state index is 0. The van der Waals surface area contributed by atoms with E-state index in [1.807, 2.05) is 23.6 Å². The highest BCUT2D eigenvalue weighted by atomic mass is 35.5. The molecule has 1 atom stereocenters. The van der Waals surface area contributed by atoms with Crippen LogP contribution >= 0.6 is 35.3 Å². The molecule has 352 valence electrons. The summed E-state index contributed by atoms with van der Waals surface area (Å²) in [5.74, 6) is -1.04. The molecule has 66 heavy (non-hydrogen) atoms. The molecule has 5 amide bonds. The summed E-state index contributed by atoms with van der Waals surface area (Å²) in [7, 11) is 0. The Morgan fingerprint density at radius 1 is 0.970 bits per heavy atom. The first-order chi connectivity index (χ1) is 31.5. The number of pyridine rings is 1. The summed E-state index contributed by atoms with van der Waals surface area (Å²) in [5.41, 5.74) is 1.76. The maximum atomic E-state index is 14.7. The van der Waals surface area contributed by atoms with E-state index in [1.54, 1.807) is 36.5 Å². The zero-order valence-electron chi connectivity index (χ0n) is 36.5. The van der Waals surface area contributed by atoms with Crippen molar-refractivity contribution in [3.05, 3.63) is 93.8 Å². The molecule has 15 nitrogen and oxygen atoms in total. The van der Waals surface area contributed by atoms with Gasteiger partial charge in [-0.1, -0.05) is 29.8 Å². The van der Waals surface area contributed by atoms with Crippen molar-refractivity contribution < 1.29 is 37.8 Å². The average molecular weight is 966 g/mol. The zero-order chi connectivity index (χ0) is 45.3. The number of aromatic nitrogens is 2. The molecule has 5 heterocycles. The summed E-state index contributed by atoms with van der Waals surface area (Å²) in [4.78, 5) is 77.4. The second-order valence-electron chi connectivity index (χ2n) is 17.2. The molecule has 0 bridgehead atoms. The number of likely N-dealkylation sites (tertiary alicyclic amines) is 1. The average Bonchev–Trinajstić information content (AvgIpc) is 3.94. The number of hydrogen-bond donors (Lipinski definition) is 4. The molecule has 1 saturated carbocycles. The number of benzene rings is 2. The van der Waals surface area contributed by atoms with E-state index in [9.17, 15) is 28.4 Å². The Kier molecular flexibility index (Phi) is 16.6. The van der Waals surface area contributed by atoms with Crippen LogP contribution in [0.3, 0.4) is 0 Å². The second-order valence-corrected chi connectivity index (χ2v) is 18.5. The van der Waals surface area contributed by atoms with Crippen molar-refractivity contribution in [2.75, 3.05) is 43.5 Å². The fourth-order valence-electron chi connectivity index (χ4n) is 9.23. The Labute approximate surface area is 398 Å². The fourth-order valence-corrected chi connectivity index (χ4v) is 9.93. The quantitative estimate of drug-likeness (QED) is 0.0584. The van der Waals surface area contributed by atoms with Crippen molar-refractivity contribution in [3.8, 4) is 5.75 Å². The molecule has 2 saturated heterocycles. The third-order valence-corrected chi connectivity index (χ3v) is 13.8. The maximum absolute atomic E-state index is 14.7. The summed E-state index contributed by atoms with van der Waals surface area (Å²) in [6.07, 6.45) is 7.92. The number of hydrogen-bond acceptors (Lipinski definition) is 12. The number of fused-ring (bicyclic) bond motifs is 1. The number of thiazole rings is 1. The van der Waals surface area contributed by atoms with Crippen molar-refractivity contribution in [1.29, 1.82) is 0 Å². The van der Waals surface area contributed by atoms with Crippen LogP contribution in [-0.2, 0) is 36.9 Å². The van der Waals surface area contributed by atoms with Crippen LogP contribution in [0.1, 0.15) is 92.2 Å². The number of nitrogens with one attached hydrogen (secondary N) is 4. The summed E-state index contributed by atoms with van der Waals surface area (Å²) in [5, 5.41) is 14.6. The summed E-state index contributed by atoms with van der Waals surface area (Å²) < 4.78 is 26.7. The molecule has 1 unspecified atom stereocenters. The Hall–Kier alpha value is -5.20. The van der Waals surface area contributed by atoms with Crippen LogP contribution in [0.5, 0.6) is 5.75 Å². The molecule has 1 aliphatic carbocycles. The minimum atomic E-state index is -0.721. The van der Waals surface area contributed by atoms with Gasteiger partial charge in [-0.15, -0.1) is 23.7 Å². The van der Waals surface area contributed by atoms with E-state index in [2.05, 4.69) is 31.2 Å². The van der Waals surface area contributed by atoms with Crippen molar-refractivity contribution in [2.24, 2.45) is 5.41 Å². The molecule has 4 N–H and O–H groups in total. The van der Waals surface area contributed by atoms with Gasteiger partial charge in [-0.2, -0.15) is 0 Å². The van der Waals surface area contributed by atoms with Crippen LogP contribution in [0.25, 0.3) is 0 Å². The van der Waals surface area contributed by atoms with E-state index in [0.717, 1.165) is 43.3 Å². The molecule has 4 aromatic rings. The van der Waals surface area contributed by atoms with Gasteiger partial charge in [0.1, 0.15) is 11.9 Å². The Morgan fingerprint density at radius 2 is 1.76 bits per heavy atom. The van der Waals surface area contributed by atoms with E-state index in [0.29, 0.717) is 87.2 Å². The molecule has 2 aromatic carbocycles. The fraction of sp³-hybridized carbons (Fsp3) is 0.468. The van der Waals surface area contributed by atoms with E-state index in [1.165, 1.54) is 22.3 Å². The number of rotatable bonds is 18. The number of unbranched alkanes of at least 4 members (excludes halogenated alkanes) is 1. The van der Waals surface area contributed by atoms with E-state index >= 15 is 0 Å². The molecule has 4 aliphatic rings. The van der Waals surface area contributed by atoms with Gasteiger partial charge in [-0.05, 0) is 94.2 Å². The Balaban J connectivity index is 0.00000648. The van der Waals surface area contributed by atoms with Gasteiger partial charge >= 0.3 is 0 Å². The van der Waals surface area contributed by atoms with Gasteiger partial charge in [0.25, 0.3) is 5.91 Å². The normalized spacial score (nSPS) is 21.1. The molecule has 2 aromatic heterocycles. The van der Waals surface area contributed by atoms with Crippen molar-refractivity contribution in [1.82, 2.24) is 30.4 Å². The summed E-state index contributed by atoms with van der Waals surface area (Å²) in [6, 6.07) is 15.0. The lowest BCUT2D eigenvalue weighted by atomic mass is 9.69. The van der Waals surface area contributed by atoms with Gasteiger partial charge in [0, 0.05) is 92.2 Å². The number of imide groups is 1. The standard InChI is InChI=1S/C47H54ClFN8O7S.ClH/c48-35-8-5-10-38(42(35)49)64-32-15-19-47(20-16-32,28-31-6-3-11-39(51-31)54-46-50-21-27-65-46)45(62)52-30-17-22-56(23-18-30)24-26-63-25-2-1-12-40(58)53-36-9-4-7-33-34(36)29-57(44(33)61)37-13-14-41(59)55-43(37)60;/h3-11,21,27,30,32,37H,1-2,12-20,22-26,28-29H2,(H,52,62)(H,53,58)(H,50,51,54)(H,55,59,60);1H. The SMILES string of the molecule is Cl.O=C1CCC(N2Cc3c(NC(=O)CCCCOCCN4CCC(NC(=O)C5(Cc6cccc(Nc7nccs7)n6)CCC(Oc6cccc(Cl)c6F)CC5)CC4)cccc3C2=O)C(=O)N1. The lowest BCUT2D eigenvalue weighted by Crippen LogP contribution is -2.52. The van der Waals surface area contributed by atoms with Crippen LogP contribution in [0.2, 0.25) is 5.02 Å². The first-order valence-corrected chi connectivity index (χ1v) is 23.7. The lowest BCUT2D eigenvalue weighted by molar-refractivity contribution is -0.137. The van der Waals surface area contributed by atoms with Crippen LogP contribution in [-0.4, -0.2) is 100 Å². The van der Waals surface area contributed by atoms with Gasteiger partial charge in [0.15, 0.2) is 16.7 Å². The van der Waals surface area contributed by atoms with Crippen LogP contribution in [0.4, 0.5) is 21.0 Å². The number of carbonyl (C=O) groups excluding carboxylic acids is 5.